The van der Waals surface area contributed by atoms with Gasteiger partial charge in [0.25, 0.3) is 5.91 Å². The smallest absolute Gasteiger partial charge is 0.264 e. The van der Waals surface area contributed by atoms with E-state index in [0.717, 1.165) is 56.5 Å². The van der Waals surface area contributed by atoms with Crippen LogP contribution in [0.1, 0.15) is 46.3 Å². The van der Waals surface area contributed by atoms with E-state index in [1.54, 1.807) is 11.3 Å². The molecule has 3 fully saturated rings. The summed E-state index contributed by atoms with van der Waals surface area (Å²) in [7, 11) is 0. The van der Waals surface area contributed by atoms with Gasteiger partial charge in [0.15, 0.2) is 0 Å². The Kier molecular flexibility index (Phi) is 5.46. The molecular formula is C18H26N2O2S2. The Balaban J connectivity index is 1.32. The number of amides is 1. The van der Waals surface area contributed by atoms with Gasteiger partial charge in [-0.2, -0.15) is 11.8 Å². The van der Waals surface area contributed by atoms with Crippen LogP contribution in [-0.2, 0) is 4.74 Å². The third kappa shape index (κ3) is 3.66. The number of piperazine rings is 1. The van der Waals surface area contributed by atoms with Crippen molar-refractivity contribution in [3.63, 3.8) is 0 Å². The standard InChI is InChI=1S/C18H26N2O2S2/c21-18(17-4-3-16(24-17)15-2-1-11-22-15)20-9-7-19(8-10-20)14-5-12-23-13-6-14/h3-4,14-15H,1-2,5-13H2/t15-/m0/s1. The molecule has 4 rings (SSSR count). The Hall–Kier alpha value is -0.560. The van der Waals surface area contributed by atoms with Gasteiger partial charge >= 0.3 is 0 Å². The van der Waals surface area contributed by atoms with Crippen LogP contribution in [0, 0.1) is 0 Å². The highest BCUT2D eigenvalue weighted by Gasteiger charge is 2.28. The van der Waals surface area contributed by atoms with Crippen LogP contribution in [0.5, 0.6) is 0 Å². The number of thioether (sulfide) groups is 1. The summed E-state index contributed by atoms with van der Waals surface area (Å²) in [5, 5.41) is 0. The van der Waals surface area contributed by atoms with Crippen molar-refractivity contribution < 1.29 is 9.53 Å². The van der Waals surface area contributed by atoms with Crippen molar-refractivity contribution in [1.29, 1.82) is 0 Å². The molecule has 0 radical (unpaired) electrons. The Morgan fingerprint density at radius 2 is 1.88 bits per heavy atom. The lowest BCUT2D eigenvalue weighted by Gasteiger charge is -2.40. The molecule has 1 aromatic heterocycles. The number of hydrogen-bond acceptors (Lipinski definition) is 5. The lowest BCUT2D eigenvalue weighted by atomic mass is 10.1. The van der Waals surface area contributed by atoms with Gasteiger partial charge < -0.3 is 9.64 Å². The highest BCUT2D eigenvalue weighted by Crippen LogP contribution is 2.33. The minimum absolute atomic E-state index is 0.211. The SMILES string of the molecule is O=C(c1ccc([C@@H]2CCCO2)s1)N1CCN(C2CCSCC2)CC1. The van der Waals surface area contributed by atoms with E-state index < -0.39 is 0 Å². The normalized spacial score (nSPS) is 26.8. The van der Waals surface area contributed by atoms with Gasteiger partial charge in [0.2, 0.25) is 0 Å². The quantitative estimate of drug-likeness (QED) is 0.822. The van der Waals surface area contributed by atoms with Crippen molar-refractivity contribution in [2.24, 2.45) is 0 Å². The molecule has 1 aromatic rings. The average molecular weight is 367 g/mol. The monoisotopic (exact) mass is 366 g/mol. The van der Waals surface area contributed by atoms with Gasteiger partial charge in [0.1, 0.15) is 0 Å². The summed E-state index contributed by atoms with van der Waals surface area (Å²) in [5.74, 6) is 2.80. The van der Waals surface area contributed by atoms with E-state index in [1.165, 1.54) is 29.2 Å². The van der Waals surface area contributed by atoms with Crippen molar-refractivity contribution >= 4 is 29.0 Å². The average Bonchev–Trinajstić information content (AvgIpc) is 3.33. The van der Waals surface area contributed by atoms with E-state index >= 15 is 0 Å². The second-order valence-electron chi connectivity index (χ2n) is 6.88. The highest BCUT2D eigenvalue weighted by molar-refractivity contribution is 7.99. The van der Waals surface area contributed by atoms with Crippen LogP contribution in [-0.4, -0.2) is 66.0 Å². The highest BCUT2D eigenvalue weighted by atomic mass is 32.2. The molecule has 132 valence electrons. The molecule has 24 heavy (non-hydrogen) atoms. The van der Waals surface area contributed by atoms with Crippen molar-refractivity contribution in [1.82, 2.24) is 9.80 Å². The molecule has 0 bridgehead atoms. The lowest BCUT2D eigenvalue weighted by Crippen LogP contribution is -2.52. The minimum atomic E-state index is 0.211. The summed E-state index contributed by atoms with van der Waals surface area (Å²) in [6.45, 7) is 4.66. The van der Waals surface area contributed by atoms with Gasteiger partial charge in [0.05, 0.1) is 11.0 Å². The third-order valence-electron chi connectivity index (χ3n) is 5.39. The van der Waals surface area contributed by atoms with E-state index in [9.17, 15) is 4.79 Å². The molecule has 0 aliphatic carbocycles. The predicted octanol–water partition coefficient (Wildman–Crippen LogP) is 3.25. The van der Waals surface area contributed by atoms with Crippen molar-refractivity contribution in [2.75, 3.05) is 44.3 Å². The van der Waals surface area contributed by atoms with E-state index in [2.05, 4.69) is 22.7 Å². The van der Waals surface area contributed by atoms with Gasteiger partial charge in [-0.25, -0.2) is 0 Å². The number of ether oxygens (including phenoxy) is 1. The van der Waals surface area contributed by atoms with Crippen LogP contribution >= 0.6 is 23.1 Å². The Morgan fingerprint density at radius 1 is 1.08 bits per heavy atom. The molecular weight excluding hydrogens is 340 g/mol. The number of rotatable bonds is 3. The fraction of sp³-hybridized carbons (Fsp3) is 0.722. The van der Waals surface area contributed by atoms with Crippen LogP contribution in [0.3, 0.4) is 0 Å². The molecule has 3 aliphatic heterocycles. The number of hydrogen-bond donors (Lipinski definition) is 0. The van der Waals surface area contributed by atoms with E-state index in [1.807, 2.05) is 11.0 Å². The fourth-order valence-corrected chi connectivity index (χ4v) is 6.08. The van der Waals surface area contributed by atoms with Gasteiger partial charge in [-0.05, 0) is 49.3 Å². The molecule has 1 amide bonds. The third-order valence-corrected chi connectivity index (χ3v) is 7.61. The largest absolute Gasteiger partial charge is 0.373 e. The number of nitrogens with zero attached hydrogens (tertiary/aromatic N) is 2. The van der Waals surface area contributed by atoms with Crippen LogP contribution in [0.4, 0.5) is 0 Å². The molecule has 3 saturated heterocycles. The zero-order valence-corrected chi connectivity index (χ0v) is 15.7. The lowest BCUT2D eigenvalue weighted by molar-refractivity contribution is 0.0563. The van der Waals surface area contributed by atoms with Crippen LogP contribution in [0.15, 0.2) is 12.1 Å². The maximum atomic E-state index is 12.8. The van der Waals surface area contributed by atoms with Gasteiger partial charge in [0, 0.05) is 43.7 Å². The molecule has 4 nitrogen and oxygen atoms in total. The molecule has 0 N–H and O–H groups in total. The molecule has 6 heteroatoms. The maximum absolute atomic E-state index is 12.8. The van der Waals surface area contributed by atoms with Crippen LogP contribution in [0.2, 0.25) is 0 Å². The molecule has 3 aliphatic rings. The molecule has 0 saturated carbocycles. The molecule has 4 heterocycles. The summed E-state index contributed by atoms with van der Waals surface area (Å²) in [5.41, 5.74) is 0. The minimum Gasteiger partial charge on any atom is -0.373 e. The summed E-state index contributed by atoms with van der Waals surface area (Å²) in [6, 6.07) is 4.83. The zero-order chi connectivity index (χ0) is 16.4. The topological polar surface area (TPSA) is 32.8 Å². The van der Waals surface area contributed by atoms with Crippen molar-refractivity contribution in [3.05, 3.63) is 21.9 Å². The fourth-order valence-electron chi connectivity index (χ4n) is 3.94. The molecule has 0 unspecified atom stereocenters. The van der Waals surface area contributed by atoms with Crippen LogP contribution < -0.4 is 0 Å². The van der Waals surface area contributed by atoms with Gasteiger partial charge in [-0.15, -0.1) is 11.3 Å². The van der Waals surface area contributed by atoms with Gasteiger partial charge in [-0.3, -0.25) is 9.69 Å². The first-order chi connectivity index (χ1) is 11.8. The van der Waals surface area contributed by atoms with Crippen molar-refractivity contribution in [2.45, 2.75) is 37.8 Å². The number of carbonyl (C=O) groups excluding carboxylic acids is 1. The second kappa shape index (κ2) is 7.77. The first-order valence-electron chi connectivity index (χ1n) is 9.13. The number of carbonyl (C=O) groups is 1. The van der Waals surface area contributed by atoms with E-state index in [-0.39, 0.29) is 12.0 Å². The predicted molar refractivity (Wildman–Crippen MR) is 100 cm³/mol. The van der Waals surface area contributed by atoms with E-state index in [0.29, 0.717) is 0 Å². The van der Waals surface area contributed by atoms with Gasteiger partial charge in [-0.1, -0.05) is 0 Å². The van der Waals surface area contributed by atoms with E-state index in [4.69, 9.17) is 4.74 Å². The van der Waals surface area contributed by atoms with Crippen molar-refractivity contribution in [3.8, 4) is 0 Å². The zero-order valence-electron chi connectivity index (χ0n) is 14.1. The first kappa shape index (κ1) is 16.9. The summed E-state index contributed by atoms with van der Waals surface area (Å²) in [4.78, 5) is 19.5. The molecule has 0 aromatic carbocycles. The summed E-state index contributed by atoms with van der Waals surface area (Å²) >= 11 is 3.71. The maximum Gasteiger partial charge on any atom is 0.264 e. The Morgan fingerprint density at radius 3 is 2.58 bits per heavy atom. The number of thiophene rings is 1. The first-order valence-corrected chi connectivity index (χ1v) is 11.1. The Bertz CT molecular complexity index is 557. The van der Waals surface area contributed by atoms with Crippen LogP contribution in [0.25, 0.3) is 0 Å². The molecule has 1 atom stereocenters. The Labute approximate surface area is 152 Å². The summed E-state index contributed by atoms with van der Waals surface area (Å²) < 4.78 is 5.74. The second-order valence-corrected chi connectivity index (χ2v) is 9.22. The summed E-state index contributed by atoms with van der Waals surface area (Å²) in [6.07, 6.45) is 5.07. The molecule has 0 spiro atoms.